The van der Waals surface area contributed by atoms with Gasteiger partial charge in [0.15, 0.2) is 11.5 Å². The molecule has 1 N–H and O–H groups in total. The molecule has 4 rings (SSSR count). The van der Waals surface area contributed by atoms with E-state index in [2.05, 4.69) is 50.7 Å². The molecule has 1 aromatic heterocycles. The number of anilines is 1. The minimum absolute atomic E-state index is 0.0949. The number of benzene rings is 1. The molecule has 1 amide bonds. The van der Waals surface area contributed by atoms with E-state index in [1.54, 1.807) is 0 Å². The van der Waals surface area contributed by atoms with E-state index in [1.807, 2.05) is 12.1 Å². The number of hydrogen-bond acceptors (Lipinski definition) is 4. The van der Waals surface area contributed by atoms with Crippen molar-refractivity contribution in [3.05, 3.63) is 53.7 Å². The van der Waals surface area contributed by atoms with Crippen molar-refractivity contribution in [3.8, 4) is 0 Å². The summed E-state index contributed by atoms with van der Waals surface area (Å²) >= 11 is 0. The van der Waals surface area contributed by atoms with Crippen LogP contribution in [0, 0.1) is 5.92 Å². The first kappa shape index (κ1) is 18.0. The maximum absolute atomic E-state index is 12.3. The van der Waals surface area contributed by atoms with Crippen LogP contribution in [-0.2, 0) is 6.42 Å². The van der Waals surface area contributed by atoms with Crippen LogP contribution in [0.1, 0.15) is 54.6 Å². The molecule has 0 atom stereocenters. The van der Waals surface area contributed by atoms with E-state index in [4.69, 9.17) is 0 Å². The molecule has 5 nitrogen and oxygen atoms in total. The fourth-order valence-electron chi connectivity index (χ4n) is 4.26. The van der Waals surface area contributed by atoms with Crippen molar-refractivity contribution < 1.29 is 4.79 Å². The van der Waals surface area contributed by atoms with Crippen LogP contribution in [0.25, 0.3) is 0 Å². The highest BCUT2D eigenvalue weighted by atomic mass is 16.2. The van der Waals surface area contributed by atoms with Gasteiger partial charge in [-0.3, -0.25) is 4.79 Å². The molecule has 1 aromatic carbocycles. The van der Waals surface area contributed by atoms with Crippen molar-refractivity contribution in [2.24, 2.45) is 5.92 Å². The second-order valence-electron chi connectivity index (χ2n) is 7.85. The van der Waals surface area contributed by atoms with Gasteiger partial charge >= 0.3 is 0 Å². The molecule has 1 saturated heterocycles. The Bertz CT molecular complexity index is 733. The summed E-state index contributed by atoms with van der Waals surface area (Å²) in [7, 11) is 0. The Hall–Kier alpha value is -2.43. The largest absolute Gasteiger partial charge is 0.355 e. The molecule has 5 heteroatoms. The lowest BCUT2D eigenvalue weighted by molar-refractivity contribution is 0.0932. The van der Waals surface area contributed by atoms with Crippen molar-refractivity contribution in [3.63, 3.8) is 0 Å². The molecule has 27 heavy (non-hydrogen) atoms. The zero-order valence-corrected chi connectivity index (χ0v) is 15.8. The minimum Gasteiger partial charge on any atom is -0.355 e. The van der Waals surface area contributed by atoms with Gasteiger partial charge in [0.05, 0.1) is 0 Å². The predicted octanol–water partition coefficient (Wildman–Crippen LogP) is 3.61. The summed E-state index contributed by atoms with van der Waals surface area (Å²) < 4.78 is 0. The fraction of sp³-hybridized carbons (Fsp3) is 0.500. The van der Waals surface area contributed by atoms with Crippen molar-refractivity contribution in [1.29, 1.82) is 0 Å². The number of hydrogen-bond donors (Lipinski definition) is 1. The summed E-state index contributed by atoms with van der Waals surface area (Å²) in [6.07, 6.45) is 8.05. The summed E-state index contributed by atoms with van der Waals surface area (Å²) in [5.74, 6) is 1.51. The van der Waals surface area contributed by atoms with Gasteiger partial charge in [0.1, 0.15) is 0 Å². The maximum atomic E-state index is 12.3. The average Bonchev–Trinajstić information content (AvgIpc) is 3.22. The molecule has 142 valence electrons. The number of nitrogens with zero attached hydrogens (tertiary/aromatic N) is 3. The molecule has 0 spiro atoms. The zero-order valence-electron chi connectivity index (χ0n) is 15.8. The highest BCUT2D eigenvalue weighted by Gasteiger charge is 2.22. The molecule has 0 unspecified atom stereocenters. The van der Waals surface area contributed by atoms with E-state index in [0.29, 0.717) is 11.7 Å². The lowest BCUT2D eigenvalue weighted by atomic mass is 9.90. The van der Waals surface area contributed by atoms with E-state index >= 15 is 0 Å². The van der Waals surface area contributed by atoms with E-state index in [9.17, 15) is 4.79 Å². The topological polar surface area (TPSA) is 58.1 Å². The molecule has 1 aliphatic heterocycles. The number of nitrogens with one attached hydrogen (secondary N) is 1. The maximum Gasteiger partial charge on any atom is 0.272 e. The Morgan fingerprint density at radius 1 is 0.963 bits per heavy atom. The SMILES string of the molecule is O=C(NC1CCCC1)c1ccc(N2CCC(Cc3ccccc3)CC2)nn1. The highest BCUT2D eigenvalue weighted by Crippen LogP contribution is 2.24. The van der Waals surface area contributed by atoms with E-state index < -0.39 is 0 Å². The number of carbonyl (C=O) groups excluding carboxylic acids is 1. The molecule has 1 saturated carbocycles. The smallest absolute Gasteiger partial charge is 0.272 e. The first-order valence-corrected chi connectivity index (χ1v) is 10.2. The summed E-state index contributed by atoms with van der Waals surface area (Å²) in [5, 5.41) is 11.6. The Morgan fingerprint density at radius 3 is 2.37 bits per heavy atom. The normalized spacial score (nSPS) is 18.6. The first-order chi connectivity index (χ1) is 13.3. The molecule has 0 radical (unpaired) electrons. The van der Waals surface area contributed by atoms with Gasteiger partial charge in [-0.2, -0.15) is 0 Å². The standard InChI is InChI=1S/C22H28N4O/c27-22(23-19-8-4-5-9-19)20-10-11-21(25-24-20)26-14-12-18(13-15-26)16-17-6-2-1-3-7-17/h1-3,6-7,10-11,18-19H,4-5,8-9,12-16H2,(H,23,27). The Morgan fingerprint density at radius 2 is 1.70 bits per heavy atom. The van der Waals surface area contributed by atoms with Crippen LogP contribution in [-0.4, -0.2) is 35.2 Å². The monoisotopic (exact) mass is 364 g/mol. The summed E-state index contributed by atoms with van der Waals surface area (Å²) in [5.41, 5.74) is 1.85. The van der Waals surface area contributed by atoms with Crippen LogP contribution in [0.5, 0.6) is 0 Å². The van der Waals surface area contributed by atoms with Crippen LogP contribution in [0.4, 0.5) is 5.82 Å². The Labute approximate surface area is 161 Å². The molecular formula is C22H28N4O. The molecule has 0 bridgehead atoms. The first-order valence-electron chi connectivity index (χ1n) is 10.2. The average molecular weight is 364 g/mol. The number of amides is 1. The van der Waals surface area contributed by atoms with Gasteiger partial charge in [-0.15, -0.1) is 10.2 Å². The third-order valence-electron chi connectivity index (χ3n) is 5.88. The van der Waals surface area contributed by atoms with Gasteiger partial charge in [-0.05, 0) is 55.7 Å². The second-order valence-corrected chi connectivity index (χ2v) is 7.85. The number of aromatic nitrogens is 2. The van der Waals surface area contributed by atoms with Gasteiger partial charge in [-0.1, -0.05) is 43.2 Å². The number of piperidine rings is 1. The Kier molecular flexibility index (Phi) is 5.66. The molecule has 1 aliphatic carbocycles. The predicted molar refractivity (Wildman–Crippen MR) is 107 cm³/mol. The van der Waals surface area contributed by atoms with Crippen LogP contribution >= 0.6 is 0 Å². The quantitative estimate of drug-likeness (QED) is 0.880. The second kappa shape index (κ2) is 8.51. The molecule has 2 aromatic rings. The van der Waals surface area contributed by atoms with Gasteiger partial charge in [0, 0.05) is 19.1 Å². The lowest BCUT2D eigenvalue weighted by Crippen LogP contribution is -2.35. The zero-order chi connectivity index (χ0) is 18.5. The fourth-order valence-corrected chi connectivity index (χ4v) is 4.26. The van der Waals surface area contributed by atoms with Gasteiger partial charge < -0.3 is 10.2 Å². The van der Waals surface area contributed by atoms with E-state index in [0.717, 1.165) is 44.1 Å². The Balaban J connectivity index is 1.29. The molecule has 2 fully saturated rings. The third-order valence-corrected chi connectivity index (χ3v) is 5.88. The van der Waals surface area contributed by atoms with Crippen LogP contribution < -0.4 is 10.2 Å². The van der Waals surface area contributed by atoms with Gasteiger partial charge in [-0.25, -0.2) is 0 Å². The van der Waals surface area contributed by atoms with Crippen LogP contribution in [0.15, 0.2) is 42.5 Å². The van der Waals surface area contributed by atoms with Crippen molar-refractivity contribution in [2.45, 2.75) is 51.0 Å². The summed E-state index contributed by atoms with van der Waals surface area (Å²) in [6, 6.07) is 14.8. The van der Waals surface area contributed by atoms with Crippen LogP contribution in [0.3, 0.4) is 0 Å². The minimum atomic E-state index is -0.0949. The number of rotatable bonds is 5. The number of carbonyl (C=O) groups is 1. The van der Waals surface area contributed by atoms with Crippen molar-refractivity contribution >= 4 is 11.7 Å². The highest BCUT2D eigenvalue weighted by molar-refractivity contribution is 5.92. The van der Waals surface area contributed by atoms with Crippen molar-refractivity contribution in [2.75, 3.05) is 18.0 Å². The van der Waals surface area contributed by atoms with Crippen molar-refractivity contribution in [1.82, 2.24) is 15.5 Å². The summed E-state index contributed by atoms with van der Waals surface area (Å²) in [6.45, 7) is 2.00. The van der Waals surface area contributed by atoms with E-state index in [1.165, 1.54) is 31.2 Å². The third kappa shape index (κ3) is 4.65. The van der Waals surface area contributed by atoms with E-state index in [-0.39, 0.29) is 5.91 Å². The molecule has 2 aliphatic rings. The molecule has 2 heterocycles. The van der Waals surface area contributed by atoms with Gasteiger partial charge in [0.25, 0.3) is 5.91 Å². The molecular weight excluding hydrogens is 336 g/mol. The van der Waals surface area contributed by atoms with Gasteiger partial charge in [0.2, 0.25) is 0 Å². The summed E-state index contributed by atoms with van der Waals surface area (Å²) in [4.78, 5) is 14.6. The lowest BCUT2D eigenvalue weighted by Gasteiger charge is -2.32. The van der Waals surface area contributed by atoms with Crippen LogP contribution in [0.2, 0.25) is 0 Å².